The monoisotopic (exact) mass is 197 g/mol. The van der Waals surface area contributed by atoms with Gasteiger partial charge in [-0.05, 0) is 27.7 Å². The van der Waals surface area contributed by atoms with Crippen molar-refractivity contribution in [2.45, 2.75) is 39.3 Å². The molecule has 0 aliphatic carbocycles. The molecular formula is C10H15NO3. The Morgan fingerprint density at radius 3 is 2.43 bits per heavy atom. The number of nitrogens with zero attached hydrogens (tertiary/aromatic N) is 1. The van der Waals surface area contributed by atoms with E-state index < -0.39 is 11.7 Å². The van der Waals surface area contributed by atoms with E-state index in [-0.39, 0.29) is 11.9 Å². The Morgan fingerprint density at radius 1 is 1.50 bits per heavy atom. The molecule has 0 N–H and O–H groups in total. The lowest BCUT2D eigenvalue weighted by atomic mass is 10.2. The molecule has 0 saturated carbocycles. The average Bonchev–Trinajstić information content (AvgIpc) is 2.27. The third kappa shape index (κ3) is 2.34. The normalized spacial score (nSPS) is 21.6. The van der Waals surface area contributed by atoms with E-state index in [1.165, 1.54) is 6.08 Å². The maximum atomic E-state index is 11.5. The van der Waals surface area contributed by atoms with Gasteiger partial charge in [-0.3, -0.25) is 4.79 Å². The number of hydrogen-bond acceptors (Lipinski definition) is 3. The summed E-state index contributed by atoms with van der Waals surface area (Å²) in [6, 6.07) is -0.211. The molecule has 1 unspecified atom stereocenters. The van der Waals surface area contributed by atoms with E-state index in [0.717, 1.165) is 4.90 Å². The largest absolute Gasteiger partial charge is 0.443 e. The summed E-state index contributed by atoms with van der Waals surface area (Å²) in [7, 11) is 0. The molecule has 0 fully saturated rings. The summed E-state index contributed by atoms with van der Waals surface area (Å²) in [4.78, 5) is 23.9. The second-order valence-corrected chi connectivity index (χ2v) is 4.29. The molecule has 78 valence electrons. The molecule has 2 amide bonds. The highest BCUT2D eigenvalue weighted by atomic mass is 16.6. The van der Waals surface area contributed by atoms with Crippen LogP contribution in [-0.4, -0.2) is 28.5 Å². The second kappa shape index (κ2) is 3.44. The van der Waals surface area contributed by atoms with Crippen LogP contribution in [0.4, 0.5) is 4.79 Å². The zero-order chi connectivity index (χ0) is 10.9. The Balaban J connectivity index is 2.67. The number of hydrogen-bond donors (Lipinski definition) is 0. The van der Waals surface area contributed by atoms with Crippen LogP contribution in [0.15, 0.2) is 12.2 Å². The van der Waals surface area contributed by atoms with Crippen molar-refractivity contribution in [2.24, 2.45) is 0 Å². The SMILES string of the molecule is CC1C=CC(=O)N1C(=O)OC(C)(C)C. The molecule has 1 heterocycles. The molecular weight excluding hydrogens is 182 g/mol. The van der Waals surface area contributed by atoms with Crippen molar-refractivity contribution in [1.29, 1.82) is 0 Å². The number of amides is 2. The first-order chi connectivity index (χ1) is 6.31. The van der Waals surface area contributed by atoms with E-state index in [4.69, 9.17) is 4.74 Å². The van der Waals surface area contributed by atoms with Gasteiger partial charge in [-0.2, -0.15) is 0 Å². The molecule has 0 aromatic carbocycles. The molecule has 4 heteroatoms. The van der Waals surface area contributed by atoms with E-state index in [1.54, 1.807) is 33.8 Å². The quantitative estimate of drug-likeness (QED) is 0.594. The summed E-state index contributed by atoms with van der Waals surface area (Å²) in [5.41, 5.74) is -0.570. The van der Waals surface area contributed by atoms with Crippen LogP contribution in [0, 0.1) is 0 Å². The first kappa shape index (κ1) is 10.8. The van der Waals surface area contributed by atoms with Crippen LogP contribution in [0.1, 0.15) is 27.7 Å². The highest BCUT2D eigenvalue weighted by Gasteiger charge is 2.32. The second-order valence-electron chi connectivity index (χ2n) is 4.29. The first-order valence-electron chi connectivity index (χ1n) is 4.55. The third-order valence-corrected chi connectivity index (χ3v) is 1.75. The van der Waals surface area contributed by atoms with Crippen LogP contribution in [0.5, 0.6) is 0 Å². The van der Waals surface area contributed by atoms with Gasteiger partial charge in [0.15, 0.2) is 0 Å². The summed E-state index contributed by atoms with van der Waals surface area (Å²) in [5.74, 6) is -0.313. The average molecular weight is 197 g/mol. The van der Waals surface area contributed by atoms with Gasteiger partial charge in [0.2, 0.25) is 0 Å². The summed E-state index contributed by atoms with van der Waals surface area (Å²) >= 11 is 0. The molecule has 1 aliphatic rings. The van der Waals surface area contributed by atoms with Crippen molar-refractivity contribution in [3.05, 3.63) is 12.2 Å². The minimum absolute atomic E-state index is 0.211. The summed E-state index contributed by atoms with van der Waals surface area (Å²) < 4.78 is 5.09. The van der Waals surface area contributed by atoms with Gasteiger partial charge in [0.25, 0.3) is 5.91 Å². The van der Waals surface area contributed by atoms with E-state index in [9.17, 15) is 9.59 Å². The first-order valence-corrected chi connectivity index (χ1v) is 4.55. The van der Waals surface area contributed by atoms with E-state index >= 15 is 0 Å². The standard InChI is InChI=1S/C10H15NO3/c1-7-5-6-8(12)11(7)9(13)14-10(2,3)4/h5-7H,1-4H3. The van der Waals surface area contributed by atoms with Crippen molar-refractivity contribution < 1.29 is 14.3 Å². The highest BCUT2D eigenvalue weighted by Crippen LogP contribution is 2.16. The van der Waals surface area contributed by atoms with Gasteiger partial charge >= 0.3 is 6.09 Å². The number of carbonyl (C=O) groups is 2. The number of carbonyl (C=O) groups excluding carboxylic acids is 2. The Hall–Kier alpha value is -1.32. The number of rotatable bonds is 0. The highest BCUT2D eigenvalue weighted by molar-refractivity contribution is 6.01. The van der Waals surface area contributed by atoms with Crippen molar-refractivity contribution in [1.82, 2.24) is 4.90 Å². The van der Waals surface area contributed by atoms with Crippen molar-refractivity contribution in [2.75, 3.05) is 0 Å². The minimum atomic E-state index is -0.583. The maximum absolute atomic E-state index is 11.5. The predicted molar refractivity (Wildman–Crippen MR) is 51.7 cm³/mol. The molecule has 0 radical (unpaired) electrons. The predicted octanol–water partition coefficient (Wildman–Crippen LogP) is 1.71. The Labute approximate surface area is 83.5 Å². The summed E-state index contributed by atoms with van der Waals surface area (Å²) in [5, 5.41) is 0. The van der Waals surface area contributed by atoms with Crippen LogP contribution >= 0.6 is 0 Å². The van der Waals surface area contributed by atoms with Gasteiger partial charge in [0.05, 0.1) is 6.04 Å². The third-order valence-electron chi connectivity index (χ3n) is 1.75. The van der Waals surface area contributed by atoms with E-state index in [1.807, 2.05) is 0 Å². The van der Waals surface area contributed by atoms with Gasteiger partial charge < -0.3 is 4.74 Å². The van der Waals surface area contributed by atoms with Crippen LogP contribution in [0.3, 0.4) is 0 Å². The van der Waals surface area contributed by atoms with Crippen LogP contribution in [0.25, 0.3) is 0 Å². The lowest BCUT2D eigenvalue weighted by Crippen LogP contribution is -2.41. The number of imide groups is 1. The zero-order valence-electron chi connectivity index (χ0n) is 8.90. The summed E-state index contributed by atoms with van der Waals surface area (Å²) in [6.45, 7) is 7.07. The Morgan fingerprint density at radius 2 is 2.07 bits per heavy atom. The van der Waals surface area contributed by atoms with Gasteiger partial charge in [0, 0.05) is 6.08 Å². The Bertz CT molecular complexity index is 288. The fourth-order valence-corrected chi connectivity index (χ4v) is 1.16. The maximum Gasteiger partial charge on any atom is 0.417 e. The van der Waals surface area contributed by atoms with E-state index in [2.05, 4.69) is 0 Å². The molecule has 0 aromatic heterocycles. The van der Waals surface area contributed by atoms with E-state index in [0.29, 0.717) is 0 Å². The van der Waals surface area contributed by atoms with Crippen LogP contribution < -0.4 is 0 Å². The van der Waals surface area contributed by atoms with Crippen molar-refractivity contribution in [3.8, 4) is 0 Å². The zero-order valence-corrected chi connectivity index (χ0v) is 8.90. The van der Waals surface area contributed by atoms with Crippen LogP contribution in [0.2, 0.25) is 0 Å². The minimum Gasteiger partial charge on any atom is -0.443 e. The molecule has 1 atom stereocenters. The lowest BCUT2D eigenvalue weighted by Gasteiger charge is -2.25. The van der Waals surface area contributed by atoms with Gasteiger partial charge in [-0.1, -0.05) is 6.08 Å². The summed E-state index contributed by atoms with van der Waals surface area (Å²) in [6.07, 6.45) is 2.47. The molecule has 1 rings (SSSR count). The smallest absolute Gasteiger partial charge is 0.417 e. The van der Waals surface area contributed by atoms with Crippen molar-refractivity contribution >= 4 is 12.0 Å². The fourth-order valence-electron chi connectivity index (χ4n) is 1.16. The number of ether oxygens (including phenoxy) is 1. The van der Waals surface area contributed by atoms with Gasteiger partial charge in [0.1, 0.15) is 5.60 Å². The van der Waals surface area contributed by atoms with Gasteiger partial charge in [-0.15, -0.1) is 0 Å². The molecule has 0 bridgehead atoms. The Kier molecular flexibility index (Phi) is 2.64. The topological polar surface area (TPSA) is 46.6 Å². The molecule has 0 spiro atoms. The fraction of sp³-hybridized carbons (Fsp3) is 0.600. The molecule has 0 saturated heterocycles. The molecule has 14 heavy (non-hydrogen) atoms. The molecule has 1 aliphatic heterocycles. The van der Waals surface area contributed by atoms with Crippen molar-refractivity contribution in [3.63, 3.8) is 0 Å². The molecule has 4 nitrogen and oxygen atoms in total. The molecule has 0 aromatic rings. The van der Waals surface area contributed by atoms with Crippen LogP contribution in [-0.2, 0) is 9.53 Å². The lowest BCUT2D eigenvalue weighted by molar-refractivity contribution is -0.125. The van der Waals surface area contributed by atoms with Gasteiger partial charge in [-0.25, -0.2) is 9.69 Å².